The first-order valence-corrected chi connectivity index (χ1v) is 9.89. The molecule has 0 fully saturated rings. The summed E-state index contributed by atoms with van der Waals surface area (Å²) >= 11 is 0. The lowest BCUT2D eigenvalue weighted by atomic mass is 10.1. The predicted molar refractivity (Wildman–Crippen MR) is 125 cm³/mol. The van der Waals surface area contributed by atoms with Gasteiger partial charge in [0.1, 0.15) is 17.4 Å². The molecule has 2 aromatic carbocycles. The Kier molecular flexibility index (Phi) is 6.84. The van der Waals surface area contributed by atoms with E-state index in [2.05, 4.69) is 15.6 Å². The maximum atomic E-state index is 12.9. The van der Waals surface area contributed by atoms with Crippen LogP contribution in [-0.2, 0) is 0 Å². The highest BCUT2D eigenvalue weighted by Crippen LogP contribution is 2.29. The molecule has 8 heteroatoms. The van der Waals surface area contributed by atoms with Crippen LogP contribution in [-0.4, -0.2) is 48.7 Å². The quantitative estimate of drug-likeness (QED) is 0.407. The molecular formula is C24H25N5O3. The SMILES string of the molecule is COc1cccc(C(=O)Nc2ccc(C)cn2)c1NC(=O)c1ccc(C(=N)N(C)C)cc1. The number of aromatic nitrogens is 1. The van der Waals surface area contributed by atoms with Crippen LogP contribution in [0.5, 0.6) is 5.75 Å². The zero-order valence-corrected chi connectivity index (χ0v) is 18.4. The molecule has 3 aromatic rings. The fraction of sp³-hybridized carbons (Fsp3) is 0.167. The number of para-hydroxylation sites is 1. The van der Waals surface area contributed by atoms with E-state index in [9.17, 15) is 9.59 Å². The summed E-state index contributed by atoms with van der Waals surface area (Å²) in [5.41, 5.74) is 2.55. The average molecular weight is 431 g/mol. The normalized spacial score (nSPS) is 10.2. The van der Waals surface area contributed by atoms with Crippen molar-refractivity contribution in [2.24, 2.45) is 0 Å². The van der Waals surface area contributed by atoms with Gasteiger partial charge < -0.3 is 20.3 Å². The number of nitrogens with zero attached hydrogens (tertiary/aromatic N) is 2. The minimum atomic E-state index is -0.426. The van der Waals surface area contributed by atoms with Gasteiger partial charge >= 0.3 is 0 Å². The minimum absolute atomic E-state index is 0.242. The highest BCUT2D eigenvalue weighted by molar-refractivity contribution is 6.13. The van der Waals surface area contributed by atoms with Crippen LogP contribution in [0.3, 0.4) is 0 Å². The number of rotatable bonds is 6. The van der Waals surface area contributed by atoms with Crippen LogP contribution in [0.25, 0.3) is 0 Å². The van der Waals surface area contributed by atoms with Gasteiger partial charge in [-0.3, -0.25) is 15.0 Å². The summed E-state index contributed by atoms with van der Waals surface area (Å²) in [7, 11) is 5.03. The summed E-state index contributed by atoms with van der Waals surface area (Å²) < 4.78 is 5.37. The van der Waals surface area contributed by atoms with Gasteiger partial charge in [-0.2, -0.15) is 0 Å². The second kappa shape index (κ2) is 9.74. The van der Waals surface area contributed by atoms with Crippen LogP contribution in [0.2, 0.25) is 0 Å². The molecule has 3 N–H and O–H groups in total. The largest absolute Gasteiger partial charge is 0.495 e. The number of nitrogens with one attached hydrogen (secondary N) is 3. The number of hydrogen-bond acceptors (Lipinski definition) is 5. The average Bonchev–Trinajstić information content (AvgIpc) is 2.80. The van der Waals surface area contributed by atoms with E-state index < -0.39 is 11.8 Å². The van der Waals surface area contributed by atoms with Crippen molar-refractivity contribution < 1.29 is 14.3 Å². The second-order valence-electron chi connectivity index (χ2n) is 7.33. The lowest BCUT2D eigenvalue weighted by Crippen LogP contribution is -2.22. The standard InChI is InChI=1S/C24H25N5O3/c1-15-8-13-20(26-14-15)27-24(31)18-6-5-7-19(32-4)21(18)28-23(30)17-11-9-16(10-12-17)22(25)29(2)3/h5-14,25H,1-4H3,(H,28,30)(H,26,27,31). The first-order valence-electron chi connectivity index (χ1n) is 9.89. The van der Waals surface area contributed by atoms with Gasteiger partial charge in [0.25, 0.3) is 11.8 Å². The van der Waals surface area contributed by atoms with Crippen LogP contribution < -0.4 is 15.4 Å². The summed E-state index contributed by atoms with van der Waals surface area (Å²) in [6, 6.07) is 15.2. The van der Waals surface area contributed by atoms with Gasteiger partial charge in [0, 0.05) is 31.4 Å². The fourth-order valence-electron chi connectivity index (χ4n) is 2.97. The number of ether oxygens (including phenoxy) is 1. The Morgan fingerprint density at radius 2 is 1.62 bits per heavy atom. The molecule has 0 atom stereocenters. The smallest absolute Gasteiger partial charge is 0.259 e. The lowest BCUT2D eigenvalue weighted by Gasteiger charge is -2.16. The van der Waals surface area contributed by atoms with Gasteiger partial charge in [0.15, 0.2) is 0 Å². The molecule has 1 heterocycles. The van der Waals surface area contributed by atoms with Crippen LogP contribution in [0.1, 0.15) is 31.8 Å². The molecule has 8 nitrogen and oxygen atoms in total. The third-order valence-corrected chi connectivity index (χ3v) is 4.75. The Balaban J connectivity index is 1.85. The number of amides is 2. The molecule has 0 unspecified atom stereocenters. The van der Waals surface area contributed by atoms with Crippen molar-refractivity contribution in [1.29, 1.82) is 5.41 Å². The van der Waals surface area contributed by atoms with Crippen molar-refractivity contribution in [1.82, 2.24) is 9.88 Å². The molecule has 32 heavy (non-hydrogen) atoms. The number of methoxy groups -OCH3 is 1. The van der Waals surface area contributed by atoms with E-state index in [4.69, 9.17) is 10.1 Å². The number of hydrogen-bond donors (Lipinski definition) is 3. The Hall–Kier alpha value is -4.20. The van der Waals surface area contributed by atoms with Crippen molar-refractivity contribution >= 4 is 29.2 Å². The second-order valence-corrected chi connectivity index (χ2v) is 7.33. The van der Waals surface area contributed by atoms with Gasteiger partial charge in [-0.05, 0) is 42.8 Å². The number of pyridine rings is 1. The third-order valence-electron chi connectivity index (χ3n) is 4.75. The number of aryl methyl sites for hydroxylation is 1. The maximum Gasteiger partial charge on any atom is 0.259 e. The van der Waals surface area contributed by atoms with E-state index in [0.717, 1.165) is 5.56 Å². The molecule has 2 amide bonds. The van der Waals surface area contributed by atoms with E-state index in [-0.39, 0.29) is 11.3 Å². The first kappa shape index (κ1) is 22.5. The van der Waals surface area contributed by atoms with Crippen molar-refractivity contribution in [2.45, 2.75) is 6.92 Å². The molecule has 0 saturated heterocycles. The summed E-state index contributed by atoms with van der Waals surface area (Å²) in [5.74, 6) is 0.268. The molecule has 0 radical (unpaired) electrons. The number of carbonyl (C=O) groups is 2. The van der Waals surface area contributed by atoms with Crippen LogP contribution >= 0.6 is 0 Å². The van der Waals surface area contributed by atoms with Crippen molar-refractivity contribution in [3.05, 3.63) is 83.0 Å². The van der Waals surface area contributed by atoms with Crippen LogP contribution in [0, 0.1) is 12.3 Å². The Bertz CT molecular complexity index is 1140. The zero-order valence-electron chi connectivity index (χ0n) is 18.4. The monoisotopic (exact) mass is 431 g/mol. The Labute approximate surface area is 186 Å². The van der Waals surface area contributed by atoms with E-state index in [1.165, 1.54) is 7.11 Å². The molecule has 0 bridgehead atoms. The minimum Gasteiger partial charge on any atom is -0.495 e. The molecular weight excluding hydrogens is 406 g/mol. The van der Waals surface area contributed by atoms with Gasteiger partial charge in [0.05, 0.1) is 18.4 Å². The van der Waals surface area contributed by atoms with E-state index in [0.29, 0.717) is 28.5 Å². The number of anilines is 2. The topological polar surface area (TPSA) is 107 Å². The number of benzene rings is 2. The summed E-state index contributed by atoms with van der Waals surface area (Å²) in [4.78, 5) is 31.7. The first-order chi connectivity index (χ1) is 15.3. The van der Waals surface area contributed by atoms with Crippen molar-refractivity contribution in [3.63, 3.8) is 0 Å². The molecule has 0 saturated carbocycles. The van der Waals surface area contributed by atoms with E-state index in [1.54, 1.807) is 73.7 Å². The fourth-order valence-corrected chi connectivity index (χ4v) is 2.97. The van der Waals surface area contributed by atoms with Crippen molar-refractivity contribution in [3.8, 4) is 5.75 Å². The van der Waals surface area contributed by atoms with Gasteiger partial charge in [-0.15, -0.1) is 0 Å². The summed E-state index contributed by atoms with van der Waals surface area (Å²) in [6.45, 7) is 1.91. The Morgan fingerprint density at radius 3 is 2.22 bits per heavy atom. The van der Waals surface area contributed by atoms with Gasteiger partial charge in [0.2, 0.25) is 0 Å². The molecule has 164 valence electrons. The van der Waals surface area contributed by atoms with Gasteiger partial charge in [-0.1, -0.05) is 24.3 Å². The Morgan fingerprint density at radius 1 is 0.938 bits per heavy atom. The van der Waals surface area contributed by atoms with Crippen molar-refractivity contribution in [2.75, 3.05) is 31.8 Å². The molecule has 0 aliphatic rings. The molecule has 3 rings (SSSR count). The number of carbonyl (C=O) groups excluding carboxylic acids is 2. The maximum absolute atomic E-state index is 12.9. The summed E-state index contributed by atoms with van der Waals surface area (Å²) in [5, 5.41) is 13.6. The van der Waals surface area contributed by atoms with Crippen LogP contribution in [0.4, 0.5) is 11.5 Å². The molecule has 1 aromatic heterocycles. The van der Waals surface area contributed by atoms with Gasteiger partial charge in [-0.25, -0.2) is 4.98 Å². The summed E-state index contributed by atoms with van der Waals surface area (Å²) in [6.07, 6.45) is 1.66. The molecule has 0 aliphatic heterocycles. The highest BCUT2D eigenvalue weighted by atomic mass is 16.5. The third kappa shape index (κ3) is 5.10. The van der Waals surface area contributed by atoms with Crippen LogP contribution in [0.15, 0.2) is 60.8 Å². The van der Waals surface area contributed by atoms with E-state index >= 15 is 0 Å². The number of amidine groups is 1. The lowest BCUT2D eigenvalue weighted by molar-refractivity contribution is 0.102. The highest BCUT2D eigenvalue weighted by Gasteiger charge is 2.19. The zero-order chi connectivity index (χ0) is 23.3. The predicted octanol–water partition coefficient (Wildman–Crippen LogP) is 3.79. The molecule has 0 aliphatic carbocycles. The molecule has 0 spiro atoms. The van der Waals surface area contributed by atoms with E-state index in [1.807, 2.05) is 13.0 Å².